The molecule has 1 saturated heterocycles. The van der Waals surface area contributed by atoms with Gasteiger partial charge in [-0.3, -0.25) is 9.48 Å². The summed E-state index contributed by atoms with van der Waals surface area (Å²) in [7, 11) is 1.89. The minimum atomic E-state index is -0.0518. The Morgan fingerprint density at radius 2 is 2.13 bits per heavy atom. The summed E-state index contributed by atoms with van der Waals surface area (Å²) >= 11 is 0. The van der Waals surface area contributed by atoms with Crippen molar-refractivity contribution in [2.75, 3.05) is 5.32 Å². The summed E-state index contributed by atoms with van der Waals surface area (Å²) in [5.74, 6) is 1.57. The lowest BCUT2D eigenvalue weighted by atomic mass is 9.85. The maximum absolute atomic E-state index is 12.6. The highest BCUT2D eigenvalue weighted by Gasteiger charge is 2.38. The zero-order valence-corrected chi connectivity index (χ0v) is 14.9. The van der Waals surface area contributed by atoms with Gasteiger partial charge in [-0.2, -0.15) is 5.10 Å². The Hall–Kier alpha value is -1.36. The van der Waals surface area contributed by atoms with Crippen molar-refractivity contribution >= 4 is 11.7 Å². The van der Waals surface area contributed by atoms with Crippen molar-refractivity contribution in [1.29, 1.82) is 0 Å². The zero-order valence-electron chi connectivity index (χ0n) is 14.9. The van der Waals surface area contributed by atoms with Crippen LogP contribution in [0.2, 0.25) is 0 Å². The molecule has 3 rings (SSSR count). The first-order valence-electron chi connectivity index (χ1n) is 8.92. The van der Waals surface area contributed by atoms with Gasteiger partial charge in [0, 0.05) is 19.2 Å². The molecule has 0 spiro atoms. The maximum Gasteiger partial charge on any atom is 0.242 e. The van der Waals surface area contributed by atoms with Crippen molar-refractivity contribution in [3.8, 4) is 0 Å². The van der Waals surface area contributed by atoms with E-state index >= 15 is 0 Å². The molecule has 1 aliphatic heterocycles. The fraction of sp³-hybridized carbons (Fsp3) is 0.778. The average Bonchev–Trinajstić information content (AvgIpc) is 3.01. The third kappa shape index (κ3) is 3.94. The Morgan fingerprint density at radius 3 is 2.83 bits per heavy atom. The lowest BCUT2D eigenvalue weighted by Gasteiger charge is -2.24. The molecule has 0 bridgehead atoms. The van der Waals surface area contributed by atoms with Crippen LogP contribution >= 0.6 is 0 Å². The number of carbonyl (C=O) groups is 1. The topological polar surface area (TPSA) is 59.0 Å². The van der Waals surface area contributed by atoms with Crippen LogP contribution in [-0.4, -0.2) is 27.8 Å². The van der Waals surface area contributed by atoms with E-state index in [1.54, 1.807) is 4.68 Å². The van der Waals surface area contributed by atoms with Gasteiger partial charge in [-0.1, -0.05) is 33.6 Å². The fourth-order valence-electron chi connectivity index (χ4n) is 4.01. The Morgan fingerprint density at radius 1 is 1.39 bits per heavy atom. The number of rotatable bonds is 3. The van der Waals surface area contributed by atoms with Crippen LogP contribution < -0.4 is 10.6 Å². The first-order valence-corrected chi connectivity index (χ1v) is 8.92. The zero-order chi connectivity index (χ0) is 16.6. The Bertz CT molecular complexity index is 558. The second-order valence-electron chi connectivity index (χ2n) is 8.48. The Balaban J connectivity index is 1.62. The van der Waals surface area contributed by atoms with Crippen molar-refractivity contribution < 1.29 is 4.79 Å². The van der Waals surface area contributed by atoms with Crippen LogP contribution in [0.15, 0.2) is 6.07 Å². The summed E-state index contributed by atoms with van der Waals surface area (Å²) in [4.78, 5) is 12.6. The molecule has 2 fully saturated rings. The van der Waals surface area contributed by atoms with Gasteiger partial charge in [-0.05, 0) is 37.0 Å². The number of amides is 1. The van der Waals surface area contributed by atoms with Crippen molar-refractivity contribution in [2.24, 2.45) is 18.4 Å². The van der Waals surface area contributed by atoms with Crippen LogP contribution in [0.4, 0.5) is 5.82 Å². The lowest BCUT2D eigenvalue weighted by molar-refractivity contribution is -0.117. The van der Waals surface area contributed by atoms with E-state index in [0.717, 1.165) is 24.4 Å². The molecule has 128 valence electrons. The van der Waals surface area contributed by atoms with Crippen LogP contribution in [0.5, 0.6) is 0 Å². The number of aryl methyl sites for hydroxylation is 1. The van der Waals surface area contributed by atoms with E-state index < -0.39 is 0 Å². The highest BCUT2D eigenvalue weighted by Crippen LogP contribution is 2.33. The van der Waals surface area contributed by atoms with Gasteiger partial charge in [0.1, 0.15) is 5.82 Å². The second-order valence-corrected chi connectivity index (χ2v) is 8.48. The van der Waals surface area contributed by atoms with E-state index in [0.29, 0.717) is 12.0 Å². The minimum absolute atomic E-state index is 0.0518. The van der Waals surface area contributed by atoms with Gasteiger partial charge < -0.3 is 10.6 Å². The number of hydrogen-bond acceptors (Lipinski definition) is 3. The number of hydrogen-bond donors (Lipinski definition) is 2. The molecule has 1 aliphatic carbocycles. The van der Waals surface area contributed by atoms with E-state index in [2.05, 4.69) is 36.5 Å². The van der Waals surface area contributed by atoms with Crippen molar-refractivity contribution in [3.05, 3.63) is 11.8 Å². The van der Waals surface area contributed by atoms with E-state index in [1.807, 2.05) is 13.1 Å². The third-order valence-electron chi connectivity index (χ3n) is 5.07. The van der Waals surface area contributed by atoms with Gasteiger partial charge in [0.05, 0.1) is 11.7 Å². The van der Waals surface area contributed by atoms with E-state index in [4.69, 9.17) is 0 Å². The molecular weight excluding hydrogens is 288 g/mol. The van der Waals surface area contributed by atoms with Crippen LogP contribution in [0.25, 0.3) is 0 Å². The number of nitrogens with one attached hydrogen (secondary N) is 2. The van der Waals surface area contributed by atoms with Gasteiger partial charge in [0.15, 0.2) is 0 Å². The molecule has 0 aromatic carbocycles. The fourth-order valence-corrected chi connectivity index (χ4v) is 4.01. The van der Waals surface area contributed by atoms with Crippen molar-refractivity contribution in [1.82, 2.24) is 15.1 Å². The largest absolute Gasteiger partial charge is 0.310 e. The standard InChI is InChI=1S/C18H30N4O/c1-18(2,3)11-13-10-16(22(4)21-13)20-17(23)15-9-12-7-5-6-8-14(12)19-15/h10,12,14-15,19H,5-9,11H2,1-4H3,(H,20,23). The molecule has 0 radical (unpaired) electrons. The van der Waals surface area contributed by atoms with E-state index in [-0.39, 0.29) is 17.4 Å². The van der Waals surface area contributed by atoms with Crippen LogP contribution in [0.3, 0.4) is 0 Å². The van der Waals surface area contributed by atoms with Crippen molar-refractivity contribution in [2.45, 2.75) is 71.4 Å². The summed E-state index contributed by atoms with van der Waals surface area (Å²) < 4.78 is 1.78. The minimum Gasteiger partial charge on any atom is -0.310 e. The molecule has 3 atom stereocenters. The second kappa shape index (κ2) is 6.27. The predicted molar refractivity (Wildman–Crippen MR) is 92.3 cm³/mol. The number of aromatic nitrogens is 2. The monoisotopic (exact) mass is 318 g/mol. The third-order valence-corrected chi connectivity index (χ3v) is 5.07. The number of fused-ring (bicyclic) bond motifs is 1. The number of anilines is 1. The molecule has 1 amide bonds. The lowest BCUT2D eigenvalue weighted by Crippen LogP contribution is -2.40. The number of nitrogens with zero attached hydrogens (tertiary/aromatic N) is 2. The summed E-state index contributed by atoms with van der Waals surface area (Å²) in [5, 5.41) is 11.1. The molecule has 2 aliphatic rings. The van der Waals surface area contributed by atoms with Gasteiger partial charge in [0.2, 0.25) is 5.91 Å². The summed E-state index contributed by atoms with van der Waals surface area (Å²) in [5.41, 5.74) is 1.22. The van der Waals surface area contributed by atoms with Crippen LogP contribution in [0.1, 0.15) is 58.6 Å². The molecule has 1 aromatic heterocycles. The Labute approximate surface area is 139 Å². The van der Waals surface area contributed by atoms with Crippen LogP contribution in [-0.2, 0) is 18.3 Å². The molecule has 1 aromatic rings. The normalized spacial score (nSPS) is 27.7. The van der Waals surface area contributed by atoms with Gasteiger partial charge >= 0.3 is 0 Å². The van der Waals surface area contributed by atoms with Gasteiger partial charge in [-0.15, -0.1) is 0 Å². The maximum atomic E-state index is 12.6. The predicted octanol–water partition coefficient (Wildman–Crippen LogP) is 2.87. The molecule has 3 unspecified atom stereocenters. The summed E-state index contributed by atoms with van der Waals surface area (Å²) in [6, 6.07) is 2.50. The molecule has 23 heavy (non-hydrogen) atoms. The van der Waals surface area contributed by atoms with E-state index in [9.17, 15) is 4.79 Å². The quantitative estimate of drug-likeness (QED) is 0.901. The number of carbonyl (C=O) groups excluding carboxylic acids is 1. The first-order chi connectivity index (χ1) is 10.8. The average molecular weight is 318 g/mol. The molecule has 5 nitrogen and oxygen atoms in total. The van der Waals surface area contributed by atoms with Crippen molar-refractivity contribution in [3.63, 3.8) is 0 Å². The molecule has 2 heterocycles. The van der Waals surface area contributed by atoms with Gasteiger partial charge in [0.25, 0.3) is 0 Å². The highest BCUT2D eigenvalue weighted by atomic mass is 16.2. The SMILES string of the molecule is Cn1nc(CC(C)(C)C)cc1NC(=O)C1CC2CCCCC2N1. The smallest absolute Gasteiger partial charge is 0.242 e. The Kier molecular flexibility index (Phi) is 4.50. The molecule has 1 saturated carbocycles. The summed E-state index contributed by atoms with van der Waals surface area (Å²) in [6.45, 7) is 6.60. The van der Waals surface area contributed by atoms with Gasteiger partial charge in [-0.25, -0.2) is 0 Å². The van der Waals surface area contributed by atoms with Crippen LogP contribution in [0, 0.1) is 11.3 Å². The first kappa shape index (κ1) is 16.5. The highest BCUT2D eigenvalue weighted by molar-refractivity contribution is 5.94. The summed E-state index contributed by atoms with van der Waals surface area (Å²) in [6.07, 6.45) is 6.97. The molecular formula is C18H30N4O. The molecule has 5 heteroatoms. The van der Waals surface area contributed by atoms with E-state index in [1.165, 1.54) is 25.7 Å². The molecule has 2 N–H and O–H groups in total.